The molecule has 1 aliphatic heterocycles. The van der Waals surface area contributed by atoms with Crippen molar-refractivity contribution in [2.24, 2.45) is 0 Å². The number of hydrogen-bond donors (Lipinski definition) is 2. The van der Waals surface area contributed by atoms with Gasteiger partial charge in [0, 0.05) is 38.6 Å². The molecule has 1 fully saturated rings. The smallest absolute Gasteiger partial charge is 0.132 e. The first-order valence-corrected chi connectivity index (χ1v) is 10.1. The highest BCUT2D eigenvalue weighted by atomic mass is 16.5. The Kier molecular flexibility index (Phi) is 6.46. The van der Waals surface area contributed by atoms with Gasteiger partial charge in [0.1, 0.15) is 23.6 Å². The minimum absolute atomic E-state index is 0. The number of benzene rings is 1. The Hall–Kier alpha value is -2.67. The van der Waals surface area contributed by atoms with E-state index in [0.717, 1.165) is 53.5 Å². The SMILES string of the molecule is CC.CC(C)Oc1ccc2[nH]nc(-c3cc(N4CCN[C@@H](C)C4)ncn3)c2c1.[HH]. The van der Waals surface area contributed by atoms with Crippen LogP contribution < -0.4 is 15.0 Å². The summed E-state index contributed by atoms with van der Waals surface area (Å²) in [5, 5.41) is 12.0. The maximum Gasteiger partial charge on any atom is 0.132 e. The summed E-state index contributed by atoms with van der Waals surface area (Å²) in [5.74, 6) is 1.77. The lowest BCUT2D eigenvalue weighted by Gasteiger charge is -2.32. The van der Waals surface area contributed by atoms with E-state index >= 15 is 0 Å². The molecular formula is C21H32N6O. The van der Waals surface area contributed by atoms with E-state index in [4.69, 9.17) is 4.74 Å². The summed E-state index contributed by atoms with van der Waals surface area (Å²) in [5.41, 5.74) is 2.60. The summed E-state index contributed by atoms with van der Waals surface area (Å²) >= 11 is 0. The van der Waals surface area contributed by atoms with Gasteiger partial charge in [-0.3, -0.25) is 5.10 Å². The third-order valence-electron chi connectivity index (χ3n) is 4.49. The van der Waals surface area contributed by atoms with E-state index in [0.29, 0.717) is 6.04 Å². The summed E-state index contributed by atoms with van der Waals surface area (Å²) in [7, 11) is 0. The molecule has 152 valence electrons. The van der Waals surface area contributed by atoms with Gasteiger partial charge in [-0.25, -0.2) is 9.97 Å². The first kappa shape index (κ1) is 20.1. The van der Waals surface area contributed by atoms with Gasteiger partial charge in [-0.15, -0.1) is 0 Å². The Bertz CT molecular complexity index is 913. The fraction of sp³-hybridized carbons (Fsp3) is 0.476. The zero-order valence-electron chi connectivity index (χ0n) is 17.4. The Morgan fingerprint density at radius 2 is 2.04 bits per heavy atom. The van der Waals surface area contributed by atoms with E-state index in [1.807, 2.05) is 52.0 Å². The highest BCUT2D eigenvalue weighted by Gasteiger charge is 2.19. The Labute approximate surface area is 168 Å². The number of hydrogen-bond acceptors (Lipinski definition) is 6. The van der Waals surface area contributed by atoms with E-state index in [9.17, 15) is 0 Å². The van der Waals surface area contributed by atoms with Gasteiger partial charge in [0.15, 0.2) is 0 Å². The maximum absolute atomic E-state index is 5.82. The van der Waals surface area contributed by atoms with Crippen LogP contribution in [0.1, 0.15) is 36.0 Å². The highest BCUT2D eigenvalue weighted by molar-refractivity contribution is 5.93. The minimum Gasteiger partial charge on any atom is -0.491 e. The van der Waals surface area contributed by atoms with E-state index in [-0.39, 0.29) is 7.53 Å². The van der Waals surface area contributed by atoms with E-state index in [2.05, 4.69) is 37.3 Å². The van der Waals surface area contributed by atoms with Gasteiger partial charge in [-0.2, -0.15) is 5.10 Å². The van der Waals surface area contributed by atoms with Crippen molar-refractivity contribution < 1.29 is 6.16 Å². The van der Waals surface area contributed by atoms with E-state index in [1.54, 1.807) is 6.33 Å². The van der Waals surface area contributed by atoms with Crippen LogP contribution in [0.25, 0.3) is 22.3 Å². The molecule has 3 heterocycles. The monoisotopic (exact) mass is 384 g/mol. The molecule has 0 saturated carbocycles. The molecule has 7 heteroatoms. The van der Waals surface area contributed by atoms with Crippen LogP contribution in [-0.2, 0) is 0 Å². The molecule has 0 spiro atoms. The number of aromatic amines is 1. The standard InChI is InChI=1S/C19H24N6O.C2H6.H2/c1-12(2)26-14-4-5-16-15(8-14)19(24-23-16)17-9-18(22-11-21-17)25-7-6-20-13(3)10-25;1-2;/h4-5,8-9,11-13,20H,6-7,10H2,1-3H3,(H,23,24);1-2H3;1H/t13-;;/m0../s1. The van der Waals surface area contributed by atoms with Crippen molar-refractivity contribution in [3.8, 4) is 17.1 Å². The molecule has 0 amide bonds. The van der Waals surface area contributed by atoms with Crippen LogP contribution in [0, 0.1) is 0 Å². The van der Waals surface area contributed by atoms with Crippen molar-refractivity contribution in [2.45, 2.75) is 46.8 Å². The molecule has 4 rings (SSSR count). The predicted molar refractivity (Wildman–Crippen MR) is 116 cm³/mol. The number of nitrogens with zero attached hydrogens (tertiary/aromatic N) is 4. The second-order valence-electron chi connectivity index (χ2n) is 7.01. The third kappa shape index (κ3) is 4.42. The Morgan fingerprint density at radius 3 is 2.79 bits per heavy atom. The molecular weight excluding hydrogens is 352 g/mol. The summed E-state index contributed by atoms with van der Waals surface area (Å²) < 4.78 is 5.82. The number of ether oxygens (including phenoxy) is 1. The number of aromatic nitrogens is 4. The minimum atomic E-state index is 0. The number of H-pyrrole nitrogens is 1. The van der Waals surface area contributed by atoms with Crippen molar-refractivity contribution in [3.05, 3.63) is 30.6 Å². The fourth-order valence-electron chi connectivity index (χ4n) is 3.32. The molecule has 2 N–H and O–H groups in total. The summed E-state index contributed by atoms with van der Waals surface area (Å²) in [6.07, 6.45) is 1.75. The zero-order chi connectivity index (χ0) is 20.1. The van der Waals surface area contributed by atoms with Crippen LogP contribution in [-0.4, -0.2) is 51.9 Å². The van der Waals surface area contributed by atoms with Crippen molar-refractivity contribution >= 4 is 16.7 Å². The molecule has 1 atom stereocenters. The Balaban J connectivity index is 0.000000970. The molecule has 2 aromatic heterocycles. The first-order chi connectivity index (χ1) is 13.6. The zero-order valence-corrected chi connectivity index (χ0v) is 17.4. The highest BCUT2D eigenvalue weighted by Crippen LogP contribution is 2.29. The predicted octanol–water partition coefficient (Wildman–Crippen LogP) is 3.88. The van der Waals surface area contributed by atoms with E-state index in [1.165, 1.54) is 0 Å². The van der Waals surface area contributed by atoms with Crippen LogP contribution in [0.2, 0.25) is 0 Å². The van der Waals surface area contributed by atoms with Crippen LogP contribution in [0.5, 0.6) is 5.75 Å². The van der Waals surface area contributed by atoms with Gasteiger partial charge in [-0.1, -0.05) is 13.8 Å². The van der Waals surface area contributed by atoms with Crippen LogP contribution in [0.3, 0.4) is 0 Å². The topological polar surface area (TPSA) is 79.0 Å². The summed E-state index contributed by atoms with van der Waals surface area (Å²) in [4.78, 5) is 11.2. The lowest BCUT2D eigenvalue weighted by Crippen LogP contribution is -2.49. The largest absolute Gasteiger partial charge is 0.491 e. The quantitative estimate of drug-likeness (QED) is 0.711. The maximum atomic E-state index is 5.82. The number of anilines is 1. The lowest BCUT2D eigenvalue weighted by atomic mass is 10.1. The average molecular weight is 385 g/mol. The fourth-order valence-corrected chi connectivity index (χ4v) is 3.32. The van der Waals surface area contributed by atoms with Crippen molar-refractivity contribution in [3.63, 3.8) is 0 Å². The second kappa shape index (κ2) is 9.01. The Morgan fingerprint density at radius 1 is 1.21 bits per heavy atom. The normalized spacial score (nSPS) is 16.8. The number of fused-ring (bicyclic) bond motifs is 1. The molecule has 0 unspecified atom stereocenters. The number of piperazine rings is 1. The van der Waals surface area contributed by atoms with Crippen molar-refractivity contribution in [2.75, 3.05) is 24.5 Å². The molecule has 0 bridgehead atoms. The molecule has 1 aromatic carbocycles. The molecule has 28 heavy (non-hydrogen) atoms. The van der Waals surface area contributed by atoms with Gasteiger partial charge in [0.05, 0.1) is 17.3 Å². The average Bonchev–Trinajstić information content (AvgIpc) is 3.12. The van der Waals surface area contributed by atoms with Gasteiger partial charge in [-0.05, 0) is 39.0 Å². The van der Waals surface area contributed by atoms with Crippen molar-refractivity contribution in [1.29, 1.82) is 0 Å². The molecule has 3 aromatic rings. The molecule has 0 radical (unpaired) electrons. The summed E-state index contributed by atoms with van der Waals surface area (Å²) in [6, 6.07) is 8.43. The van der Waals surface area contributed by atoms with Gasteiger partial charge >= 0.3 is 0 Å². The molecule has 1 saturated heterocycles. The number of nitrogens with one attached hydrogen (secondary N) is 2. The molecule has 0 aliphatic carbocycles. The van der Waals surface area contributed by atoms with Crippen molar-refractivity contribution in [1.82, 2.24) is 25.5 Å². The van der Waals surface area contributed by atoms with Crippen LogP contribution >= 0.6 is 0 Å². The van der Waals surface area contributed by atoms with Gasteiger partial charge in [0.25, 0.3) is 0 Å². The lowest BCUT2D eigenvalue weighted by molar-refractivity contribution is 0.243. The van der Waals surface area contributed by atoms with Crippen LogP contribution in [0.15, 0.2) is 30.6 Å². The molecule has 7 nitrogen and oxygen atoms in total. The third-order valence-corrected chi connectivity index (χ3v) is 4.49. The molecule has 1 aliphatic rings. The van der Waals surface area contributed by atoms with Gasteiger partial charge in [0.2, 0.25) is 0 Å². The second-order valence-corrected chi connectivity index (χ2v) is 7.01. The number of rotatable bonds is 4. The first-order valence-electron chi connectivity index (χ1n) is 10.1. The van der Waals surface area contributed by atoms with E-state index < -0.39 is 0 Å². The van der Waals surface area contributed by atoms with Crippen LogP contribution in [0.4, 0.5) is 5.82 Å². The summed E-state index contributed by atoms with van der Waals surface area (Å²) in [6.45, 7) is 13.1. The van der Waals surface area contributed by atoms with Gasteiger partial charge < -0.3 is 15.0 Å².